The van der Waals surface area contributed by atoms with Crippen LogP contribution in [0.3, 0.4) is 0 Å². The van der Waals surface area contributed by atoms with E-state index in [1.807, 2.05) is 84.9 Å². The Hall–Kier alpha value is -3.66. The number of hydrogen-bond donors (Lipinski definition) is 2. The van der Waals surface area contributed by atoms with Crippen LogP contribution in [0.15, 0.2) is 84.9 Å². The molecule has 0 spiro atoms. The van der Waals surface area contributed by atoms with Gasteiger partial charge in [0.1, 0.15) is 6.04 Å². The van der Waals surface area contributed by atoms with E-state index in [2.05, 4.69) is 10.6 Å². The molecule has 0 aliphatic carbocycles. The quantitative estimate of drug-likeness (QED) is 0.527. The van der Waals surface area contributed by atoms with Gasteiger partial charge in [-0.15, -0.1) is 0 Å². The predicted molar refractivity (Wildman–Crippen MR) is 118 cm³/mol. The Labute approximate surface area is 169 Å². The van der Waals surface area contributed by atoms with Gasteiger partial charge in [0.2, 0.25) is 11.8 Å². The standard InChI is InChI=1S/C25H22N2O2/c1-17(25(29)27-22-14-13-18-7-2-3-9-20(18)15-22)26-24(28)16-21-11-6-10-19-8-4-5-12-23(19)21/h2-15,17H,16H2,1H3,(H,26,28)(H,27,29)/t17-/m0/s1. The van der Waals surface area contributed by atoms with Gasteiger partial charge in [-0.05, 0) is 46.2 Å². The number of benzene rings is 4. The summed E-state index contributed by atoms with van der Waals surface area (Å²) in [5.74, 6) is -0.422. The molecule has 0 saturated carbocycles. The predicted octanol–water partition coefficient (Wildman–Crippen LogP) is 4.68. The van der Waals surface area contributed by atoms with Crippen molar-refractivity contribution in [2.45, 2.75) is 19.4 Å². The average molecular weight is 382 g/mol. The van der Waals surface area contributed by atoms with Gasteiger partial charge >= 0.3 is 0 Å². The fourth-order valence-electron chi connectivity index (χ4n) is 3.50. The topological polar surface area (TPSA) is 58.2 Å². The number of nitrogens with one attached hydrogen (secondary N) is 2. The molecule has 0 radical (unpaired) electrons. The third kappa shape index (κ3) is 4.27. The first-order valence-electron chi connectivity index (χ1n) is 9.66. The summed E-state index contributed by atoms with van der Waals surface area (Å²) in [4.78, 5) is 25.0. The molecular formula is C25H22N2O2. The van der Waals surface area contributed by atoms with Crippen LogP contribution < -0.4 is 10.6 Å². The normalized spacial score (nSPS) is 11.9. The van der Waals surface area contributed by atoms with Crippen LogP contribution in [-0.2, 0) is 16.0 Å². The monoisotopic (exact) mass is 382 g/mol. The summed E-state index contributed by atoms with van der Waals surface area (Å²) in [6.07, 6.45) is 0.231. The summed E-state index contributed by atoms with van der Waals surface area (Å²) < 4.78 is 0. The maximum absolute atomic E-state index is 12.5. The number of amides is 2. The number of carbonyl (C=O) groups is 2. The minimum atomic E-state index is -0.635. The molecule has 144 valence electrons. The molecule has 0 bridgehead atoms. The van der Waals surface area contributed by atoms with Crippen molar-refractivity contribution in [1.29, 1.82) is 0 Å². The Morgan fingerprint density at radius 3 is 2.31 bits per heavy atom. The van der Waals surface area contributed by atoms with E-state index in [1.54, 1.807) is 6.92 Å². The zero-order chi connectivity index (χ0) is 20.2. The van der Waals surface area contributed by atoms with Crippen molar-refractivity contribution in [3.05, 3.63) is 90.5 Å². The van der Waals surface area contributed by atoms with E-state index < -0.39 is 6.04 Å². The van der Waals surface area contributed by atoms with E-state index in [0.717, 1.165) is 27.1 Å². The van der Waals surface area contributed by atoms with E-state index in [9.17, 15) is 9.59 Å². The number of carbonyl (C=O) groups excluding carboxylic acids is 2. The van der Waals surface area contributed by atoms with Gasteiger partial charge in [-0.3, -0.25) is 9.59 Å². The largest absolute Gasteiger partial charge is 0.344 e. The molecule has 0 saturated heterocycles. The van der Waals surface area contributed by atoms with Crippen LogP contribution in [0.4, 0.5) is 5.69 Å². The van der Waals surface area contributed by atoms with Crippen molar-refractivity contribution >= 4 is 39.0 Å². The highest BCUT2D eigenvalue weighted by atomic mass is 16.2. The number of fused-ring (bicyclic) bond motifs is 2. The summed E-state index contributed by atoms with van der Waals surface area (Å²) in [5, 5.41) is 10.00. The lowest BCUT2D eigenvalue weighted by molar-refractivity contribution is -0.125. The average Bonchev–Trinajstić information content (AvgIpc) is 2.74. The molecule has 0 aliphatic heterocycles. The Kier molecular flexibility index (Phi) is 5.25. The lowest BCUT2D eigenvalue weighted by Crippen LogP contribution is -2.42. The van der Waals surface area contributed by atoms with Crippen molar-refractivity contribution in [1.82, 2.24) is 5.32 Å². The van der Waals surface area contributed by atoms with E-state index in [1.165, 1.54) is 0 Å². The maximum atomic E-state index is 12.5. The first-order valence-corrected chi connectivity index (χ1v) is 9.66. The summed E-state index contributed by atoms with van der Waals surface area (Å²) in [6.45, 7) is 1.69. The van der Waals surface area contributed by atoms with Crippen LogP contribution in [0.25, 0.3) is 21.5 Å². The first kappa shape index (κ1) is 18.7. The van der Waals surface area contributed by atoms with Gasteiger partial charge in [-0.2, -0.15) is 0 Å². The molecule has 0 fully saturated rings. The summed E-state index contributed by atoms with van der Waals surface area (Å²) >= 11 is 0. The van der Waals surface area contributed by atoms with Gasteiger partial charge in [0, 0.05) is 5.69 Å². The smallest absolute Gasteiger partial charge is 0.246 e. The van der Waals surface area contributed by atoms with E-state index >= 15 is 0 Å². The zero-order valence-electron chi connectivity index (χ0n) is 16.2. The second kappa shape index (κ2) is 8.15. The fraction of sp³-hybridized carbons (Fsp3) is 0.120. The molecule has 4 heteroatoms. The molecule has 0 heterocycles. The van der Waals surface area contributed by atoms with E-state index in [-0.39, 0.29) is 18.2 Å². The Bertz CT molecular complexity index is 1190. The Balaban J connectivity index is 1.40. The Morgan fingerprint density at radius 2 is 1.48 bits per heavy atom. The molecule has 2 N–H and O–H groups in total. The van der Waals surface area contributed by atoms with Gasteiger partial charge in [0.15, 0.2) is 0 Å². The maximum Gasteiger partial charge on any atom is 0.246 e. The number of hydrogen-bond acceptors (Lipinski definition) is 2. The van der Waals surface area contributed by atoms with Crippen LogP contribution in [-0.4, -0.2) is 17.9 Å². The van der Waals surface area contributed by atoms with Crippen LogP contribution in [0.5, 0.6) is 0 Å². The molecule has 2 amide bonds. The number of rotatable bonds is 5. The van der Waals surface area contributed by atoms with Gasteiger partial charge in [0.05, 0.1) is 6.42 Å². The minimum absolute atomic E-state index is 0.178. The van der Waals surface area contributed by atoms with Crippen LogP contribution >= 0.6 is 0 Å². The summed E-state index contributed by atoms with van der Waals surface area (Å²) in [5.41, 5.74) is 1.66. The molecule has 0 unspecified atom stereocenters. The zero-order valence-corrected chi connectivity index (χ0v) is 16.2. The van der Waals surface area contributed by atoms with Crippen molar-refractivity contribution in [3.8, 4) is 0 Å². The molecule has 4 rings (SSSR count). The second-order valence-corrected chi connectivity index (χ2v) is 7.16. The number of anilines is 1. The van der Waals surface area contributed by atoms with Gasteiger partial charge in [0.25, 0.3) is 0 Å². The summed E-state index contributed by atoms with van der Waals surface area (Å²) in [6, 6.07) is 27.0. The highest BCUT2D eigenvalue weighted by Gasteiger charge is 2.16. The molecule has 4 nitrogen and oxygen atoms in total. The highest BCUT2D eigenvalue weighted by Crippen LogP contribution is 2.20. The molecule has 4 aromatic rings. The van der Waals surface area contributed by atoms with E-state index in [4.69, 9.17) is 0 Å². The molecule has 0 aliphatic rings. The van der Waals surface area contributed by atoms with Crippen molar-refractivity contribution < 1.29 is 9.59 Å². The minimum Gasteiger partial charge on any atom is -0.344 e. The molecule has 1 atom stereocenters. The summed E-state index contributed by atoms with van der Waals surface area (Å²) in [7, 11) is 0. The molecular weight excluding hydrogens is 360 g/mol. The highest BCUT2D eigenvalue weighted by molar-refractivity contribution is 5.99. The first-order chi connectivity index (χ1) is 14.1. The lowest BCUT2D eigenvalue weighted by atomic mass is 10.0. The lowest BCUT2D eigenvalue weighted by Gasteiger charge is -2.15. The fourth-order valence-corrected chi connectivity index (χ4v) is 3.50. The molecule has 0 aromatic heterocycles. The Morgan fingerprint density at radius 1 is 0.793 bits per heavy atom. The van der Waals surface area contributed by atoms with Crippen LogP contribution in [0.1, 0.15) is 12.5 Å². The van der Waals surface area contributed by atoms with E-state index in [0.29, 0.717) is 5.69 Å². The van der Waals surface area contributed by atoms with Crippen molar-refractivity contribution in [3.63, 3.8) is 0 Å². The van der Waals surface area contributed by atoms with Crippen LogP contribution in [0, 0.1) is 0 Å². The van der Waals surface area contributed by atoms with Crippen molar-refractivity contribution in [2.24, 2.45) is 0 Å². The van der Waals surface area contributed by atoms with Crippen molar-refractivity contribution in [2.75, 3.05) is 5.32 Å². The molecule has 29 heavy (non-hydrogen) atoms. The van der Waals surface area contributed by atoms with Gasteiger partial charge in [-0.25, -0.2) is 0 Å². The van der Waals surface area contributed by atoms with Gasteiger partial charge < -0.3 is 10.6 Å². The third-order valence-electron chi connectivity index (χ3n) is 5.02. The SMILES string of the molecule is C[C@H](NC(=O)Cc1cccc2ccccc12)C(=O)Nc1ccc2ccccc2c1. The van der Waals surface area contributed by atoms with Crippen LogP contribution in [0.2, 0.25) is 0 Å². The second-order valence-electron chi connectivity index (χ2n) is 7.16. The third-order valence-corrected chi connectivity index (χ3v) is 5.02. The van der Waals surface area contributed by atoms with Gasteiger partial charge in [-0.1, -0.05) is 72.8 Å². The molecule has 4 aromatic carbocycles.